The van der Waals surface area contributed by atoms with Crippen molar-refractivity contribution in [2.75, 3.05) is 6.54 Å². The molecule has 2 aromatic rings. The minimum absolute atomic E-state index is 0.0343. The van der Waals surface area contributed by atoms with E-state index in [2.05, 4.69) is 37.5 Å². The van der Waals surface area contributed by atoms with Crippen molar-refractivity contribution in [3.63, 3.8) is 0 Å². The van der Waals surface area contributed by atoms with Gasteiger partial charge in [-0.1, -0.05) is 17.9 Å². The first-order chi connectivity index (χ1) is 11.8. The summed E-state index contributed by atoms with van der Waals surface area (Å²) in [4.78, 5) is 16.9. The van der Waals surface area contributed by atoms with Crippen LogP contribution >= 0.6 is 11.3 Å². The third-order valence-corrected chi connectivity index (χ3v) is 4.41. The number of thiophene rings is 1. The Morgan fingerprint density at radius 1 is 1.28 bits per heavy atom. The van der Waals surface area contributed by atoms with Crippen LogP contribution in [0.5, 0.6) is 0 Å². The number of carbonyl (C=O) groups excluding carboxylic acids is 1. The number of hydrogen-bond donors (Lipinski definition) is 1. The topological polar surface area (TPSA) is 40.5 Å². The van der Waals surface area contributed by atoms with Crippen molar-refractivity contribution in [3.05, 3.63) is 69.9 Å². The fourth-order valence-electron chi connectivity index (χ4n) is 2.24. The molecule has 0 aliphatic rings. The highest BCUT2D eigenvalue weighted by Gasteiger charge is 2.15. The highest BCUT2D eigenvalue weighted by Crippen LogP contribution is 2.18. The van der Waals surface area contributed by atoms with E-state index in [1.165, 1.54) is 4.88 Å². The minimum Gasteiger partial charge on any atom is -0.378 e. The average Bonchev–Trinajstić information content (AvgIpc) is 2.97. The van der Waals surface area contributed by atoms with Crippen molar-refractivity contribution in [1.29, 1.82) is 0 Å². The van der Waals surface area contributed by atoms with Gasteiger partial charge >= 0.3 is 0 Å². The third-order valence-electron chi connectivity index (χ3n) is 3.42. The van der Waals surface area contributed by atoms with Crippen LogP contribution < -0.4 is 0 Å². The molecule has 1 aromatic heterocycles. The first-order valence-corrected chi connectivity index (χ1v) is 8.91. The quantitative estimate of drug-likeness (QED) is 0.652. The van der Waals surface area contributed by atoms with Crippen LogP contribution in [0.4, 0.5) is 0 Å². The highest BCUT2D eigenvalue weighted by molar-refractivity contribution is 7.11. The Balaban J connectivity index is 2.15. The molecular weight excluding hydrogens is 330 g/mol. The number of hydrogen-bond acceptors (Lipinski definition) is 3. The van der Waals surface area contributed by atoms with Gasteiger partial charge in [-0.25, -0.2) is 0 Å². The molecule has 1 N–H and O–H groups in total. The number of aliphatic hydroxyl groups is 1. The van der Waals surface area contributed by atoms with E-state index in [-0.39, 0.29) is 5.91 Å². The van der Waals surface area contributed by atoms with Gasteiger partial charge in [-0.15, -0.1) is 17.9 Å². The molecule has 0 radical (unpaired) electrons. The molecule has 0 fully saturated rings. The van der Waals surface area contributed by atoms with Crippen molar-refractivity contribution >= 4 is 17.2 Å². The van der Waals surface area contributed by atoms with Crippen LogP contribution in [0, 0.1) is 18.8 Å². The molecule has 1 aromatic carbocycles. The zero-order chi connectivity index (χ0) is 18.4. The summed E-state index contributed by atoms with van der Waals surface area (Å²) in [7, 11) is 0. The summed E-state index contributed by atoms with van der Waals surface area (Å²) in [5.41, 5.74) is 0.348. The lowest BCUT2D eigenvalue weighted by Crippen LogP contribution is -2.30. The lowest BCUT2D eigenvalue weighted by Gasteiger charge is -2.20. The molecule has 3 nitrogen and oxygen atoms in total. The molecule has 130 valence electrons. The lowest BCUT2D eigenvalue weighted by molar-refractivity contribution is 0.0764. The second-order valence-electron chi connectivity index (χ2n) is 6.37. The maximum absolute atomic E-state index is 12.8. The van der Waals surface area contributed by atoms with Gasteiger partial charge in [0.2, 0.25) is 0 Å². The van der Waals surface area contributed by atoms with E-state index in [1.807, 2.05) is 0 Å². The highest BCUT2D eigenvalue weighted by atomic mass is 32.1. The normalized spacial score (nSPS) is 10.7. The Morgan fingerprint density at radius 2 is 1.96 bits per heavy atom. The Bertz CT molecular complexity index is 801. The van der Waals surface area contributed by atoms with E-state index in [4.69, 9.17) is 0 Å². The maximum atomic E-state index is 12.8. The standard InChI is InChI=1S/C21H23NO2S/c1-5-14-22(15-19-11-6-16(2)25-19)20(23)18-9-7-17(8-10-18)12-13-21(3,4)24/h5-11,24H,1,14-15H2,2-4H3. The number of amides is 1. The average molecular weight is 353 g/mol. The Hall–Kier alpha value is -2.35. The first kappa shape index (κ1) is 19.0. The van der Waals surface area contributed by atoms with Crippen LogP contribution in [0.25, 0.3) is 0 Å². The second-order valence-corrected chi connectivity index (χ2v) is 7.75. The van der Waals surface area contributed by atoms with Crippen LogP contribution in [0.2, 0.25) is 0 Å². The molecule has 0 aliphatic heterocycles. The van der Waals surface area contributed by atoms with Crippen molar-refractivity contribution in [2.24, 2.45) is 0 Å². The molecule has 0 bridgehead atoms. The van der Waals surface area contributed by atoms with Gasteiger partial charge in [-0.3, -0.25) is 4.79 Å². The van der Waals surface area contributed by atoms with E-state index in [0.29, 0.717) is 18.7 Å². The van der Waals surface area contributed by atoms with E-state index in [0.717, 1.165) is 10.4 Å². The predicted molar refractivity (Wildman–Crippen MR) is 104 cm³/mol. The van der Waals surface area contributed by atoms with Crippen LogP contribution in [0.15, 0.2) is 49.1 Å². The first-order valence-electron chi connectivity index (χ1n) is 8.09. The summed E-state index contributed by atoms with van der Waals surface area (Å²) in [6, 6.07) is 11.3. The van der Waals surface area contributed by atoms with Crippen LogP contribution in [-0.2, 0) is 6.54 Å². The second kappa shape index (κ2) is 8.15. The van der Waals surface area contributed by atoms with Gasteiger partial charge in [-0.2, -0.15) is 0 Å². The molecule has 0 spiro atoms. The van der Waals surface area contributed by atoms with Gasteiger partial charge < -0.3 is 10.0 Å². The largest absolute Gasteiger partial charge is 0.378 e. The van der Waals surface area contributed by atoms with Crippen LogP contribution in [0.3, 0.4) is 0 Å². The summed E-state index contributed by atoms with van der Waals surface area (Å²) in [5, 5.41) is 9.65. The number of aryl methyl sites for hydroxylation is 1. The SMILES string of the molecule is C=CCN(Cc1ccc(C)s1)C(=O)c1ccc(C#CC(C)(C)O)cc1. The van der Waals surface area contributed by atoms with Gasteiger partial charge in [0.25, 0.3) is 5.91 Å². The van der Waals surface area contributed by atoms with Gasteiger partial charge in [0.1, 0.15) is 5.60 Å². The van der Waals surface area contributed by atoms with Crippen molar-refractivity contribution < 1.29 is 9.90 Å². The van der Waals surface area contributed by atoms with E-state index in [9.17, 15) is 9.90 Å². The van der Waals surface area contributed by atoms with Crippen molar-refractivity contribution in [3.8, 4) is 11.8 Å². The fraction of sp³-hybridized carbons (Fsp3) is 0.286. The Labute approximate surface area is 153 Å². The molecule has 25 heavy (non-hydrogen) atoms. The molecule has 0 saturated carbocycles. The van der Waals surface area contributed by atoms with E-state index >= 15 is 0 Å². The number of carbonyl (C=O) groups is 1. The molecule has 1 amide bonds. The number of rotatable bonds is 5. The molecule has 1 heterocycles. The van der Waals surface area contributed by atoms with Crippen LogP contribution in [-0.4, -0.2) is 28.1 Å². The smallest absolute Gasteiger partial charge is 0.254 e. The van der Waals surface area contributed by atoms with Gasteiger partial charge in [-0.05, 0) is 57.2 Å². The Kier molecular flexibility index (Phi) is 6.19. The molecule has 0 aliphatic carbocycles. The molecule has 2 rings (SSSR count). The predicted octanol–water partition coefficient (Wildman–Crippen LogP) is 4.01. The molecule has 4 heteroatoms. The van der Waals surface area contributed by atoms with E-state index in [1.54, 1.807) is 60.4 Å². The summed E-state index contributed by atoms with van der Waals surface area (Å²) >= 11 is 1.70. The number of benzene rings is 1. The molecular formula is C21H23NO2S. The zero-order valence-electron chi connectivity index (χ0n) is 14.9. The van der Waals surface area contributed by atoms with Crippen LogP contribution in [0.1, 0.15) is 39.5 Å². The summed E-state index contributed by atoms with van der Waals surface area (Å²) in [5.74, 6) is 5.64. The number of nitrogens with zero attached hydrogens (tertiary/aromatic N) is 1. The zero-order valence-corrected chi connectivity index (χ0v) is 15.7. The van der Waals surface area contributed by atoms with Crippen molar-refractivity contribution in [2.45, 2.75) is 32.9 Å². The monoisotopic (exact) mass is 353 g/mol. The van der Waals surface area contributed by atoms with Gasteiger partial charge in [0.15, 0.2) is 0 Å². The summed E-state index contributed by atoms with van der Waals surface area (Å²) in [6.07, 6.45) is 1.74. The third kappa shape index (κ3) is 5.90. The molecule has 0 saturated heterocycles. The summed E-state index contributed by atoms with van der Waals surface area (Å²) < 4.78 is 0. The molecule has 0 unspecified atom stereocenters. The Morgan fingerprint density at radius 3 is 2.48 bits per heavy atom. The summed E-state index contributed by atoms with van der Waals surface area (Å²) in [6.45, 7) is 10.2. The molecule has 0 atom stereocenters. The van der Waals surface area contributed by atoms with Gasteiger partial charge in [0, 0.05) is 27.4 Å². The lowest BCUT2D eigenvalue weighted by atomic mass is 10.1. The van der Waals surface area contributed by atoms with E-state index < -0.39 is 5.60 Å². The fourth-order valence-corrected chi connectivity index (χ4v) is 3.14. The van der Waals surface area contributed by atoms with Gasteiger partial charge in [0.05, 0.1) is 6.54 Å². The van der Waals surface area contributed by atoms with Crippen molar-refractivity contribution in [1.82, 2.24) is 4.90 Å². The minimum atomic E-state index is -1.03. The maximum Gasteiger partial charge on any atom is 0.254 e.